The zero-order chi connectivity index (χ0) is 22.8. The minimum atomic E-state index is -1.05. The molecule has 32 heavy (non-hydrogen) atoms. The van der Waals surface area contributed by atoms with Crippen LogP contribution in [0.1, 0.15) is 29.3 Å². The third kappa shape index (κ3) is 4.28. The maximum Gasteiger partial charge on any atom is 0.320 e. The van der Waals surface area contributed by atoms with Gasteiger partial charge in [0, 0.05) is 18.2 Å². The molecule has 0 radical (unpaired) electrons. The van der Waals surface area contributed by atoms with Gasteiger partial charge in [0.25, 0.3) is 0 Å². The Morgan fingerprint density at radius 1 is 1.28 bits per heavy atom. The van der Waals surface area contributed by atoms with Gasteiger partial charge in [0.2, 0.25) is 0 Å². The van der Waals surface area contributed by atoms with Crippen molar-refractivity contribution in [3.8, 4) is 11.8 Å². The van der Waals surface area contributed by atoms with Gasteiger partial charge in [0.1, 0.15) is 36.2 Å². The van der Waals surface area contributed by atoms with Gasteiger partial charge < -0.3 is 36.1 Å². The van der Waals surface area contributed by atoms with E-state index in [9.17, 15) is 15.0 Å². The summed E-state index contributed by atoms with van der Waals surface area (Å²) < 4.78 is 7.50. The van der Waals surface area contributed by atoms with E-state index in [4.69, 9.17) is 21.3 Å². The minimum Gasteiger partial charge on any atom is -0.480 e. The quantitative estimate of drug-likeness (QED) is 0.345. The molecule has 2 aromatic heterocycles. The Morgan fingerprint density at radius 3 is 2.69 bits per heavy atom. The number of aliphatic hydroxyl groups is 2. The molecule has 10 heteroatoms. The topological polar surface area (TPSA) is 170 Å². The summed E-state index contributed by atoms with van der Waals surface area (Å²) in [6.07, 6.45) is 1.65. The van der Waals surface area contributed by atoms with Crippen molar-refractivity contribution in [3.63, 3.8) is 0 Å². The normalized spacial score (nSPS) is 21.3. The van der Waals surface area contributed by atoms with Gasteiger partial charge in [-0.15, -0.1) is 0 Å². The number of anilines is 1. The van der Waals surface area contributed by atoms with E-state index in [1.54, 1.807) is 35.0 Å². The van der Waals surface area contributed by atoms with Crippen molar-refractivity contribution in [2.75, 3.05) is 12.3 Å². The molecule has 0 unspecified atom stereocenters. The highest BCUT2D eigenvalue weighted by Crippen LogP contribution is 2.33. The van der Waals surface area contributed by atoms with E-state index in [0.717, 1.165) is 11.1 Å². The molecule has 1 aliphatic heterocycles. The maximum absolute atomic E-state index is 10.9. The molecule has 0 aliphatic carbocycles. The fourth-order valence-corrected chi connectivity index (χ4v) is 3.68. The molecule has 7 N–H and O–H groups in total. The molecule has 3 heterocycles. The summed E-state index contributed by atoms with van der Waals surface area (Å²) in [6, 6.07) is 6.20. The number of carboxylic acid groups (broad SMARTS) is 1. The Kier molecular flexibility index (Phi) is 6.07. The molecule has 1 saturated heterocycles. The van der Waals surface area contributed by atoms with E-state index in [1.165, 1.54) is 6.33 Å². The Morgan fingerprint density at radius 2 is 2.03 bits per heavy atom. The van der Waals surface area contributed by atoms with Gasteiger partial charge in [-0.1, -0.05) is 24.0 Å². The van der Waals surface area contributed by atoms with Gasteiger partial charge in [0.05, 0.1) is 23.7 Å². The van der Waals surface area contributed by atoms with Crippen LogP contribution in [0.4, 0.5) is 5.82 Å². The van der Waals surface area contributed by atoms with Gasteiger partial charge in [0.15, 0.2) is 0 Å². The monoisotopic (exact) mass is 437 g/mol. The molecular formula is C22H23N5O5. The number of nitrogen functional groups attached to an aromatic ring is 1. The van der Waals surface area contributed by atoms with Crippen LogP contribution in [0.25, 0.3) is 11.0 Å². The number of hydrogen-bond acceptors (Lipinski definition) is 8. The number of rotatable bonds is 5. The second kappa shape index (κ2) is 8.94. The first-order chi connectivity index (χ1) is 15.4. The number of nitrogens with zero attached hydrogens (tertiary/aromatic N) is 3. The van der Waals surface area contributed by atoms with Crippen molar-refractivity contribution in [1.29, 1.82) is 0 Å². The second-order valence-electron chi connectivity index (χ2n) is 7.62. The molecule has 4 rings (SSSR count). The van der Waals surface area contributed by atoms with Crippen LogP contribution in [0.2, 0.25) is 0 Å². The SMILES string of the molecule is Nc1ncnc2c1c(C#Cc1ccc(C[C@H](N)C(=O)O)cc1)cn2[C@H]1C[C@H](O)[C@@H](CO)O1. The number of benzene rings is 1. The van der Waals surface area contributed by atoms with E-state index < -0.39 is 30.4 Å². The fraction of sp³-hybridized carbons (Fsp3) is 0.318. The summed E-state index contributed by atoms with van der Waals surface area (Å²) in [4.78, 5) is 19.3. The smallest absolute Gasteiger partial charge is 0.320 e. The molecule has 1 fully saturated rings. The number of nitrogens with two attached hydrogens (primary N) is 2. The number of aliphatic carboxylic acids is 1. The van der Waals surface area contributed by atoms with E-state index in [1.807, 2.05) is 0 Å². The lowest BCUT2D eigenvalue weighted by Crippen LogP contribution is -2.32. The van der Waals surface area contributed by atoms with Crippen LogP contribution in [0.3, 0.4) is 0 Å². The first-order valence-corrected chi connectivity index (χ1v) is 10.0. The van der Waals surface area contributed by atoms with Gasteiger partial charge >= 0.3 is 5.97 Å². The van der Waals surface area contributed by atoms with E-state index in [0.29, 0.717) is 23.0 Å². The van der Waals surface area contributed by atoms with Crippen LogP contribution in [0, 0.1) is 11.8 Å². The lowest BCUT2D eigenvalue weighted by atomic mass is 10.0. The number of fused-ring (bicyclic) bond motifs is 1. The molecule has 0 bridgehead atoms. The lowest BCUT2D eigenvalue weighted by molar-refractivity contribution is -0.138. The number of hydrogen-bond donors (Lipinski definition) is 5. The molecule has 1 aromatic carbocycles. The number of aromatic nitrogens is 3. The van der Waals surface area contributed by atoms with Gasteiger partial charge in [-0.2, -0.15) is 0 Å². The van der Waals surface area contributed by atoms with Crippen molar-refractivity contribution >= 4 is 22.8 Å². The summed E-state index contributed by atoms with van der Waals surface area (Å²) in [5.41, 5.74) is 14.3. The third-order valence-electron chi connectivity index (χ3n) is 5.40. The van der Waals surface area contributed by atoms with Crippen molar-refractivity contribution < 1.29 is 24.9 Å². The first-order valence-electron chi connectivity index (χ1n) is 10.0. The molecule has 166 valence electrons. The average molecular weight is 437 g/mol. The van der Waals surface area contributed by atoms with Crippen molar-refractivity contribution in [2.24, 2.45) is 5.73 Å². The Bertz CT molecular complexity index is 1200. The fourth-order valence-electron chi connectivity index (χ4n) is 3.68. The molecule has 0 saturated carbocycles. The number of aliphatic hydroxyl groups excluding tert-OH is 2. The largest absolute Gasteiger partial charge is 0.480 e. The molecule has 10 nitrogen and oxygen atoms in total. The molecule has 0 spiro atoms. The van der Waals surface area contributed by atoms with Crippen molar-refractivity contribution in [2.45, 2.75) is 37.3 Å². The predicted octanol–water partition coefficient (Wildman–Crippen LogP) is 0.00840. The van der Waals surface area contributed by atoms with Crippen LogP contribution in [-0.4, -0.2) is 60.7 Å². The highest BCUT2D eigenvalue weighted by atomic mass is 16.5. The predicted molar refractivity (Wildman–Crippen MR) is 115 cm³/mol. The Balaban J connectivity index is 1.64. The molecular weight excluding hydrogens is 414 g/mol. The lowest BCUT2D eigenvalue weighted by Gasteiger charge is -2.14. The Hall–Kier alpha value is -3.49. The highest BCUT2D eigenvalue weighted by Gasteiger charge is 2.35. The summed E-state index contributed by atoms with van der Waals surface area (Å²) in [5, 5.41) is 29.0. The number of carboxylic acids is 1. The number of ether oxygens (including phenoxy) is 1. The Labute approximate surface area is 183 Å². The van der Waals surface area contributed by atoms with Crippen LogP contribution in [-0.2, 0) is 16.0 Å². The van der Waals surface area contributed by atoms with Crippen molar-refractivity contribution in [3.05, 3.63) is 53.5 Å². The average Bonchev–Trinajstić information content (AvgIpc) is 3.34. The third-order valence-corrected chi connectivity index (χ3v) is 5.40. The van der Waals surface area contributed by atoms with Gasteiger partial charge in [-0.3, -0.25) is 4.79 Å². The summed E-state index contributed by atoms with van der Waals surface area (Å²) in [6.45, 7) is -0.284. The van der Waals surface area contributed by atoms with Gasteiger partial charge in [-0.25, -0.2) is 9.97 Å². The van der Waals surface area contributed by atoms with Crippen LogP contribution in [0.15, 0.2) is 36.8 Å². The number of carbonyl (C=O) groups is 1. The second-order valence-corrected chi connectivity index (χ2v) is 7.62. The molecule has 3 aromatic rings. The first kappa shape index (κ1) is 21.7. The van der Waals surface area contributed by atoms with Gasteiger partial charge in [-0.05, 0) is 24.1 Å². The highest BCUT2D eigenvalue weighted by molar-refractivity contribution is 5.92. The van der Waals surface area contributed by atoms with E-state index in [-0.39, 0.29) is 18.8 Å². The minimum absolute atomic E-state index is 0.229. The standard InChI is InChI=1S/C22H23N5O5/c23-15(22(30)31)7-13-3-1-12(2-4-13)5-6-14-9-27(18-8-16(29)17(10-28)32-18)21-19(14)20(24)25-11-26-21/h1-4,9,11,15-18,28-29H,7-8,10,23H2,(H,30,31)(H2,24,25,26)/t15-,16-,17+,18+/m0/s1. The zero-order valence-electron chi connectivity index (χ0n) is 17.0. The van der Waals surface area contributed by atoms with Crippen LogP contribution >= 0.6 is 0 Å². The summed E-state index contributed by atoms with van der Waals surface area (Å²) in [5.74, 6) is 5.37. The molecule has 1 aliphatic rings. The van der Waals surface area contributed by atoms with Crippen LogP contribution < -0.4 is 11.5 Å². The molecule has 0 amide bonds. The summed E-state index contributed by atoms with van der Waals surface area (Å²) in [7, 11) is 0. The van der Waals surface area contributed by atoms with E-state index in [2.05, 4.69) is 21.8 Å². The van der Waals surface area contributed by atoms with E-state index >= 15 is 0 Å². The maximum atomic E-state index is 10.9. The van der Waals surface area contributed by atoms with Crippen molar-refractivity contribution in [1.82, 2.24) is 14.5 Å². The molecule has 4 atom stereocenters. The summed E-state index contributed by atoms with van der Waals surface area (Å²) >= 11 is 0. The van der Waals surface area contributed by atoms with Crippen LogP contribution in [0.5, 0.6) is 0 Å². The zero-order valence-corrected chi connectivity index (χ0v) is 17.0.